The molecule has 94 valence electrons. The first kappa shape index (κ1) is 12.8. The van der Waals surface area contributed by atoms with Gasteiger partial charge in [0.2, 0.25) is 10.0 Å². The molecule has 0 aliphatic carbocycles. The summed E-state index contributed by atoms with van der Waals surface area (Å²) in [5.74, 6) is 0.389. The maximum atomic E-state index is 12.4. The number of nitrogens with zero attached hydrogens (tertiary/aromatic N) is 2. The minimum Gasteiger partial charge on any atom is -0.372 e. The van der Waals surface area contributed by atoms with Gasteiger partial charge < -0.3 is 5.32 Å². The van der Waals surface area contributed by atoms with E-state index in [0.717, 1.165) is 12.8 Å². The maximum absolute atomic E-state index is 12.4. The quantitative estimate of drug-likeness (QED) is 0.920. The van der Waals surface area contributed by atoms with E-state index in [1.54, 1.807) is 19.3 Å². The van der Waals surface area contributed by atoms with Gasteiger partial charge in [-0.25, -0.2) is 13.4 Å². The van der Waals surface area contributed by atoms with Crippen LogP contribution in [0.1, 0.15) is 12.8 Å². The molecule has 2 rings (SSSR count). The molecule has 1 N–H and O–H groups in total. The fourth-order valence-electron chi connectivity index (χ4n) is 1.87. The van der Waals surface area contributed by atoms with Crippen LogP contribution in [-0.4, -0.2) is 37.8 Å². The van der Waals surface area contributed by atoms with E-state index in [2.05, 4.69) is 26.2 Å². The molecule has 0 saturated carbocycles. The molecule has 0 bridgehead atoms. The summed E-state index contributed by atoms with van der Waals surface area (Å²) in [7, 11) is -1.76. The Morgan fingerprint density at radius 3 is 2.65 bits per heavy atom. The van der Waals surface area contributed by atoms with Gasteiger partial charge in [0.25, 0.3) is 0 Å². The highest BCUT2D eigenvalue weighted by Crippen LogP contribution is 2.27. The number of anilines is 1. The van der Waals surface area contributed by atoms with Crippen molar-refractivity contribution in [2.45, 2.75) is 17.7 Å². The van der Waals surface area contributed by atoms with Gasteiger partial charge in [-0.1, -0.05) is 0 Å². The van der Waals surface area contributed by atoms with E-state index in [4.69, 9.17) is 0 Å². The number of rotatable bonds is 3. The van der Waals surface area contributed by atoms with Crippen molar-refractivity contribution in [3.05, 3.63) is 16.7 Å². The fraction of sp³-hybridized carbons (Fsp3) is 0.500. The summed E-state index contributed by atoms with van der Waals surface area (Å²) in [4.78, 5) is 4.30. The minimum absolute atomic E-state index is 0.233. The second kappa shape index (κ2) is 4.91. The first-order valence-corrected chi connectivity index (χ1v) is 7.62. The topological polar surface area (TPSA) is 62.3 Å². The normalized spacial score (nSPS) is 17.3. The molecule has 0 amide bonds. The van der Waals surface area contributed by atoms with E-state index >= 15 is 0 Å². The van der Waals surface area contributed by atoms with Crippen molar-refractivity contribution in [1.29, 1.82) is 0 Å². The van der Waals surface area contributed by atoms with Gasteiger partial charge in [0, 0.05) is 30.8 Å². The van der Waals surface area contributed by atoms with Gasteiger partial charge in [-0.15, -0.1) is 0 Å². The van der Waals surface area contributed by atoms with Gasteiger partial charge in [0.15, 0.2) is 0 Å². The number of nitrogens with one attached hydrogen (secondary N) is 1. The van der Waals surface area contributed by atoms with E-state index in [0.29, 0.717) is 23.4 Å². The molecular weight excluding hydrogens is 306 g/mol. The highest BCUT2D eigenvalue weighted by molar-refractivity contribution is 9.10. The summed E-state index contributed by atoms with van der Waals surface area (Å²) in [6.45, 7) is 1.19. The van der Waals surface area contributed by atoms with Crippen LogP contribution in [0, 0.1) is 0 Å². The number of halogens is 1. The third-order valence-corrected chi connectivity index (χ3v) is 5.08. The molecule has 17 heavy (non-hydrogen) atoms. The molecule has 0 aromatic carbocycles. The van der Waals surface area contributed by atoms with Crippen molar-refractivity contribution in [3.8, 4) is 0 Å². The van der Waals surface area contributed by atoms with E-state index in [9.17, 15) is 8.42 Å². The predicted octanol–water partition coefficient (Wildman–Crippen LogP) is 1.67. The monoisotopic (exact) mass is 319 g/mol. The first-order chi connectivity index (χ1) is 8.05. The smallest absolute Gasteiger partial charge is 0.246 e. The number of sulfonamides is 1. The molecule has 0 spiro atoms. The molecule has 7 heteroatoms. The highest BCUT2D eigenvalue weighted by Gasteiger charge is 2.29. The lowest BCUT2D eigenvalue weighted by Crippen LogP contribution is -2.28. The Hall–Kier alpha value is -0.660. The third-order valence-electron chi connectivity index (χ3n) is 2.74. The van der Waals surface area contributed by atoms with E-state index < -0.39 is 10.0 Å². The van der Waals surface area contributed by atoms with Crippen molar-refractivity contribution in [3.63, 3.8) is 0 Å². The van der Waals surface area contributed by atoms with E-state index in [1.807, 2.05) is 0 Å². The highest BCUT2D eigenvalue weighted by atomic mass is 79.9. The Bertz CT molecular complexity index is 512. The summed E-state index contributed by atoms with van der Waals surface area (Å²) >= 11 is 3.25. The minimum atomic E-state index is -3.43. The number of pyridine rings is 1. The van der Waals surface area contributed by atoms with Gasteiger partial charge in [-0.2, -0.15) is 4.31 Å². The Labute approximate surface area is 109 Å². The summed E-state index contributed by atoms with van der Waals surface area (Å²) < 4.78 is 27.0. The molecular formula is C10H14BrN3O2S. The molecule has 1 aromatic rings. The molecule has 0 unspecified atom stereocenters. The van der Waals surface area contributed by atoms with E-state index in [1.165, 1.54) is 4.31 Å². The standard InChI is InChI=1S/C10H14BrN3O2S/c1-12-10-9(6-8(11)7-13-10)17(15,16)14-4-2-3-5-14/h6-7H,2-5H2,1H3,(H,12,13). The van der Waals surface area contributed by atoms with Crippen LogP contribution in [0.4, 0.5) is 5.82 Å². The van der Waals surface area contributed by atoms with Crippen LogP contribution in [-0.2, 0) is 10.0 Å². The van der Waals surface area contributed by atoms with Crippen LogP contribution in [0.3, 0.4) is 0 Å². The lowest BCUT2D eigenvalue weighted by atomic mass is 10.4. The average Bonchev–Trinajstić information content (AvgIpc) is 2.83. The van der Waals surface area contributed by atoms with Crippen LogP contribution in [0.15, 0.2) is 21.6 Å². The van der Waals surface area contributed by atoms with Crippen LogP contribution in [0.25, 0.3) is 0 Å². The lowest BCUT2D eigenvalue weighted by Gasteiger charge is -2.17. The van der Waals surface area contributed by atoms with Crippen molar-refractivity contribution in [2.75, 3.05) is 25.5 Å². The molecule has 1 aliphatic heterocycles. The van der Waals surface area contributed by atoms with Gasteiger partial charge in [-0.05, 0) is 34.8 Å². The Balaban J connectivity index is 2.47. The van der Waals surface area contributed by atoms with Gasteiger partial charge in [-0.3, -0.25) is 0 Å². The van der Waals surface area contributed by atoms with Crippen molar-refractivity contribution >= 4 is 31.8 Å². The molecule has 2 heterocycles. The van der Waals surface area contributed by atoms with Gasteiger partial charge in [0.1, 0.15) is 10.7 Å². The number of hydrogen-bond acceptors (Lipinski definition) is 4. The molecule has 5 nitrogen and oxygen atoms in total. The third kappa shape index (κ3) is 2.46. The lowest BCUT2D eigenvalue weighted by molar-refractivity contribution is 0.477. The van der Waals surface area contributed by atoms with Crippen LogP contribution >= 0.6 is 15.9 Å². The summed E-state index contributed by atoms with van der Waals surface area (Å²) in [5, 5.41) is 2.81. The second-order valence-corrected chi connectivity index (χ2v) is 6.68. The van der Waals surface area contributed by atoms with Crippen LogP contribution < -0.4 is 5.32 Å². The molecule has 0 atom stereocenters. The zero-order valence-electron chi connectivity index (χ0n) is 9.48. The zero-order valence-corrected chi connectivity index (χ0v) is 11.9. The average molecular weight is 320 g/mol. The van der Waals surface area contributed by atoms with Crippen LogP contribution in [0.2, 0.25) is 0 Å². The molecule has 0 radical (unpaired) electrons. The first-order valence-electron chi connectivity index (χ1n) is 5.39. The molecule has 1 saturated heterocycles. The Kier molecular flexibility index (Phi) is 3.70. The summed E-state index contributed by atoms with van der Waals surface area (Å²) in [6, 6.07) is 1.59. The van der Waals surface area contributed by atoms with Crippen molar-refractivity contribution in [1.82, 2.24) is 9.29 Å². The van der Waals surface area contributed by atoms with Gasteiger partial charge >= 0.3 is 0 Å². The van der Waals surface area contributed by atoms with E-state index in [-0.39, 0.29) is 4.90 Å². The van der Waals surface area contributed by atoms with Crippen molar-refractivity contribution < 1.29 is 8.42 Å². The fourth-order valence-corrected chi connectivity index (χ4v) is 4.05. The Morgan fingerprint density at radius 1 is 1.41 bits per heavy atom. The summed E-state index contributed by atoms with van der Waals surface area (Å²) in [6.07, 6.45) is 3.43. The SMILES string of the molecule is CNc1ncc(Br)cc1S(=O)(=O)N1CCCC1. The largest absolute Gasteiger partial charge is 0.372 e. The zero-order chi connectivity index (χ0) is 12.5. The molecule has 1 fully saturated rings. The second-order valence-electron chi connectivity index (χ2n) is 3.86. The summed E-state index contributed by atoms with van der Waals surface area (Å²) in [5.41, 5.74) is 0. The number of hydrogen-bond donors (Lipinski definition) is 1. The number of aromatic nitrogens is 1. The predicted molar refractivity (Wildman–Crippen MR) is 69.5 cm³/mol. The molecule has 1 aliphatic rings. The molecule has 1 aromatic heterocycles. The van der Waals surface area contributed by atoms with Crippen molar-refractivity contribution in [2.24, 2.45) is 0 Å². The van der Waals surface area contributed by atoms with Gasteiger partial charge in [0.05, 0.1) is 0 Å². The Morgan fingerprint density at radius 2 is 2.06 bits per heavy atom. The van der Waals surface area contributed by atoms with Crippen LogP contribution in [0.5, 0.6) is 0 Å². The maximum Gasteiger partial charge on any atom is 0.246 e.